The molecule has 0 saturated heterocycles. The molecule has 0 aliphatic heterocycles. The second-order valence-electron chi connectivity index (χ2n) is 4.23. The molecule has 0 unspecified atom stereocenters. The van der Waals surface area contributed by atoms with Crippen molar-refractivity contribution in [2.24, 2.45) is 0 Å². The summed E-state index contributed by atoms with van der Waals surface area (Å²) in [6.07, 6.45) is 0.654. The van der Waals surface area contributed by atoms with E-state index >= 15 is 0 Å². The van der Waals surface area contributed by atoms with Gasteiger partial charge in [-0.1, -0.05) is 35.9 Å². The van der Waals surface area contributed by atoms with Gasteiger partial charge in [0.05, 0.1) is 0 Å². The van der Waals surface area contributed by atoms with Gasteiger partial charge in [-0.3, -0.25) is 0 Å². The number of nitrogens with zero attached hydrogens (tertiary/aromatic N) is 3. The molecule has 3 aromatic rings. The third kappa shape index (κ3) is 1.97. The molecule has 0 spiro atoms. The minimum atomic E-state index is 0.654. The molecular weight excluding hydrogens is 246 g/mol. The Labute approximate surface area is 110 Å². The Morgan fingerprint density at radius 3 is 2.72 bits per heavy atom. The molecule has 2 heterocycles. The first-order valence-corrected chi connectivity index (χ1v) is 6.16. The van der Waals surface area contributed by atoms with Gasteiger partial charge in [0.1, 0.15) is 0 Å². The van der Waals surface area contributed by atoms with Crippen LogP contribution in [0.3, 0.4) is 0 Å². The minimum absolute atomic E-state index is 0.654. The fraction of sp³-hybridized carbons (Fsp3) is 0.143. The van der Waals surface area contributed by atoms with Crippen molar-refractivity contribution in [1.82, 2.24) is 14.6 Å². The number of fused-ring (bicyclic) bond motifs is 1. The second-order valence-corrected chi connectivity index (χ2v) is 4.64. The van der Waals surface area contributed by atoms with E-state index in [2.05, 4.69) is 10.1 Å². The third-order valence-electron chi connectivity index (χ3n) is 2.90. The van der Waals surface area contributed by atoms with Crippen molar-refractivity contribution in [3.8, 4) is 0 Å². The van der Waals surface area contributed by atoms with Crippen LogP contribution in [0, 0.1) is 6.92 Å². The van der Waals surface area contributed by atoms with Crippen molar-refractivity contribution in [3.63, 3.8) is 0 Å². The van der Waals surface area contributed by atoms with Gasteiger partial charge in [0.15, 0.2) is 11.5 Å². The highest BCUT2D eigenvalue weighted by Crippen LogP contribution is 2.18. The van der Waals surface area contributed by atoms with E-state index in [4.69, 9.17) is 11.6 Å². The quantitative estimate of drug-likeness (QED) is 0.705. The molecule has 3 nitrogen and oxygen atoms in total. The first kappa shape index (κ1) is 11.2. The molecule has 0 N–H and O–H groups in total. The van der Waals surface area contributed by atoms with Gasteiger partial charge >= 0.3 is 0 Å². The van der Waals surface area contributed by atoms with Gasteiger partial charge in [0, 0.05) is 17.1 Å². The average Bonchev–Trinajstić information content (AvgIpc) is 2.76. The van der Waals surface area contributed by atoms with Gasteiger partial charge in [0.25, 0.3) is 0 Å². The molecule has 1 aromatic carbocycles. The zero-order chi connectivity index (χ0) is 12.5. The lowest BCUT2D eigenvalue weighted by Crippen LogP contribution is -1.94. The number of halogens is 1. The van der Waals surface area contributed by atoms with Gasteiger partial charge in [-0.25, -0.2) is 9.50 Å². The lowest BCUT2D eigenvalue weighted by molar-refractivity contribution is 0.870. The Bertz CT molecular complexity index is 703. The number of benzene rings is 1. The van der Waals surface area contributed by atoms with Crippen molar-refractivity contribution < 1.29 is 0 Å². The Balaban J connectivity index is 2.01. The van der Waals surface area contributed by atoms with Crippen molar-refractivity contribution in [1.29, 1.82) is 0 Å². The number of aromatic nitrogens is 3. The van der Waals surface area contributed by atoms with E-state index in [9.17, 15) is 0 Å². The highest BCUT2D eigenvalue weighted by Gasteiger charge is 2.07. The van der Waals surface area contributed by atoms with Crippen molar-refractivity contribution in [2.45, 2.75) is 13.3 Å². The van der Waals surface area contributed by atoms with Crippen LogP contribution >= 0.6 is 11.6 Å². The fourth-order valence-corrected chi connectivity index (χ4v) is 2.17. The number of hydrogen-bond donors (Lipinski definition) is 0. The summed E-state index contributed by atoms with van der Waals surface area (Å²) in [5.74, 6) is 0.789. The van der Waals surface area contributed by atoms with Crippen LogP contribution in [-0.4, -0.2) is 14.6 Å². The summed E-state index contributed by atoms with van der Waals surface area (Å²) in [6, 6.07) is 13.7. The topological polar surface area (TPSA) is 30.2 Å². The van der Waals surface area contributed by atoms with Gasteiger partial charge in [-0.15, -0.1) is 0 Å². The number of rotatable bonds is 2. The minimum Gasteiger partial charge on any atom is -0.218 e. The number of aryl methyl sites for hydroxylation is 1. The first-order chi connectivity index (χ1) is 8.74. The van der Waals surface area contributed by atoms with Gasteiger partial charge < -0.3 is 0 Å². The molecule has 0 aliphatic rings. The van der Waals surface area contributed by atoms with Gasteiger partial charge in [-0.2, -0.15) is 5.10 Å². The van der Waals surface area contributed by atoms with E-state index in [1.165, 1.54) is 0 Å². The van der Waals surface area contributed by atoms with Crippen LogP contribution in [0.1, 0.15) is 17.1 Å². The van der Waals surface area contributed by atoms with Crippen LogP contribution < -0.4 is 0 Å². The molecule has 0 radical (unpaired) electrons. The maximum Gasteiger partial charge on any atom is 0.156 e. The summed E-state index contributed by atoms with van der Waals surface area (Å²) < 4.78 is 1.85. The standard InChI is InChI=1S/C14H12ClN3/c1-10-5-4-8-14-16-13(17-18(10)14)9-11-6-2-3-7-12(11)15/h2-8H,9H2,1H3. The molecule has 2 aromatic heterocycles. The Kier molecular flexibility index (Phi) is 2.76. The molecule has 90 valence electrons. The Hall–Kier alpha value is -1.87. The smallest absolute Gasteiger partial charge is 0.156 e. The van der Waals surface area contributed by atoms with E-state index in [1.54, 1.807) is 0 Å². The van der Waals surface area contributed by atoms with E-state index in [0.29, 0.717) is 6.42 Å². The Morgan fingerprint density at radius 2 is 1.94 bits per heavy atom. The van der Waals surface area contributed by atoms with Crippen molar-refractivity contribution in [3.05, 3.63) is 64.6 Å². The molecular formula is C14H12ClN3. The zero-order valence-electron chi connectivity index (χ0n) is 9.97. The zero-order valence-corrected chi connectivity index (χ0v) is 10.7. The largest absolute Gasteiger partial charge is 0.218 e. The van der Waals surface area contributed by atoms with Crippen LogP contribution in [0.15, 0.2) is 42.5 Å². The molecule has 3 rings (SSSR count). The van der Waals surface area contributed by atoms with Crippen LogP contribution in [0.25, 0.3) is 5.65 Å². The van der Waals surface area contributed by atoms with Crippen LogP contribution in [0.4, 0.5) is 0 Å². The van der Waals surface area contributed by atoms with E-state index < -0.39 is 0 Å². The molecule has 0 amide bonds. The summed E-state index contributed by atoms with van der Waals surface area (Å²) in [5, 5.41) is 5.25. The Morgan fingerprint density at radius 1 is 1.11 bits per heavy atom. The molecule has 0 saturated carbocycles. The van der Waals surface area contributed by atoms with Gasteiger partial charge in [-0.05, 0) is 30.7 Å². The lowest BCUT2D eigenvalue weighted by Gasteiger charge is -1.99. The van der Waals surface area contributed by atoms with Crippen LogP contribution in [0.2, 0.25) is 5.02 Å². The number of hydrogen-bond acceptors (Lipinski definition) is 2. The molecule has 18 heavy (non-hydrogen) atoms. The molecule has 0 aliphatic carbocycles. The monoisotopic (exact) mass is 257 g/mol. The normalized spacial score (nSPS) is 11.0. The number of pyridine rings is 1. The van der Waals surface area contributed by atoms with Crippen molar-refractivity contribution >= 4 is 17.2 Å². The highest BCUT2D eigenvalue weighted by atomic mass is 35.5. The van der Waals surface area contributed by atoms with E-state index in [-0.39, 0.29) is 0 Å². The molecule has 0 fully saturated rings. The molecule has 4 heteroatoms. The molecule has 0 bridgehead atoms. The van der Waals surface area contributed by atoms with Crippen molar-refractivity contribution in [2.75, 3.05) is 0 Å². The maximum absolute atomic E-state index is 6.14. The van der Waals surface area contributed by atoms with E-state index in [0.717, 1.165) is 27.8 Å². The SMILES string of the molecule is Cc1cccc2nc(Cc3ccccc3Cl)nn12. The predicted molar refractivity (Wildman–Crippen MR) is 72.0 cm³/mol. The summed E-state index contributed by atoms with van der Waals surface area (Å²) in [7, 11) is 0. The third-order valence-corrected chi connectivity index (χ3v) is 3.27. The summed E-state index contributed by atoms with van der Waals surface area (Å²) in [5.41, 5.74) is 3.00. The summed E-state index contributed by atoms with van der Waals surface area (Å²) in [6.45, 7) is 2.01. The van der Waals surface area contributed by atoms with Crippen LogP contribution in [-0.2, 0) is 6.42 Å². The highest BCUT2D eigenvalue weighted by molar-refractivity contribution is 6.31. The van der Waals surface area contributed by atoms with Gasteiger partial charge in [0.2, 0.25) is 0 Å². The first-order valence-electron chi connectivity index (χ1n) is 5.79. The summed E-state index contributed by atoms with van der Waals surface area (Å²) in [4.78, 5) is 4.50. The fourth-order valence-electron chi connectivity index (χ4n) is 1.97. The average molecular weight is 258 g/mol. The summed E-state index contributed by atoms with van der Waals surface area (Å²) >= 11 is 6.14. The lowest BCUT2D eigenvalue weighted by atomic mass is 10.1. The molecule has 0 atom stereocenters. The van der Waals surface area contributed by atoms with E-state index in [1.807, 2.05) is 53.9 Å². The predicted octanol–water partition coefficient (Wildman–Crippen LogP) is 3.28. The van der Waals surface area contributed by atoms with Crippen LogP contribution in [0.5, 0.6) is 0 Å². The second kappa shape index (κ2) is 4.42. The maximum atomic E-state index is 6.14.